The van der Waals surface area contributed by atoms with Crippen LogP contribution in [0.25, 0.3) is 0 Å². The summed E-state index contributed by atoms with van der Waals surface area (Å²) < 4.78 is 12.9. The molecule has 0 aliphatic heterocycles. The van der Waals surface area contributed by atoms with E-state index in [0.717, 1.165) is 30.6 Å². The van der Waals surface area contributed by atoms with Crippen molar-refractivity contribution in [3.05, 3.63) is 35.1 Å². The Labute approximate surface area is 132 Å². The van der Waals surface area contributed by atoms with Crippen molar-refractivity contribution < 1.29 is 4.39 Å². The van der Waals surface area contributed by atoms with Gasteiger partial charge in [-0.3, -0.25) is 4.99 Å². The van der Waals surface area contributed by atoms with Gasteiger partial charge in [0.1, 0.15) is 5.82 Å². The van der Waals surface area contributed by atoms with Crippen molar-refractivity contribution in [2.24, 2.45) is 10.7 Å². The first-order valence-corrected chi connectivity index (χ1v) is 6.38. The molecule has 0 unspecified atom stereocenters. The second-order valence-corrected chi connectivity index (χ2v) is 4.23. The monoisotopic (exact) mass is 379 g/mol. The molecule has 0 amide bonds. The maximum Gasteiger partial charge on any atom is 0.191 e. The molecule has 0 saturated heterocycles. The van der Waals surface area contributed by atoms with E-state index in [4.69, 9.17) is 5.73 Å². The van der Waals surface area contributed by atoms with Crippen LogP contribution in [0.5, 0.6) is 0 Å². The Bertz CT molecular complexity index is 417. The zero-order chi connectivity index (χ0) is 13.5. The molecule has 0 heterocycles. The van der Waals surface area contributed by atoms with Gasteiger partial charge in [0.2, 0.25) is 0 Å². The summed E-state index contributed by atoms with van der Waals surface area (Å²) in [4.78, 5) is 6.36. The first-order valence-electron chi connectivity index (χ1n) is 6.38. The first kappa shape index (κ1) is 18.1. The van der Waals surface area contributed by atoms with E-state index in [0.29, 0.717) is 12.5 Å². The van der Waals surface area contributed by atoms with Crippen LogP contribution in [0.3, 0.4) is 0 Å². The molecule has 0 bridgehead atoms. The summed E-state index contributed by atoms with van der Waals surface area (Å²) in [6, 6.07) is 4.85. The smallest absolute Gasteiger partial charge is 0.191 e. The lowest BCUT2D eigenvalue weighted by Gasteiger charge is -2.19. The van der Waals surface area contributed by atoms with Gasteiger partial charge in [-0.25, -0.2) is 4.39 Å². The summed E-state index contributed by atoms with van der Waals surface area (Å²) >= 11 is 0. The quantitative estimate of drug-likeness (QED) is 0.486. The third-order valence-corrected chi connectivity index (χ3v) is 3.05. The number of hydrogen-bond acceptors (Lipinski definition) is 1. The number of nitrogens with zero attached hydrogens (tertiary/aromatic N) is 2. The Morgan fingerprint density at radius 1 is 1.32 bits per heavy atom. The topological polar surface area (TPSA) is 41.6 Å². The van der Waals surface area contributed by atoms with Gasteiger partial charge in [-0.1, -0.05) is 6.07 Å². The summed E-state index contributed by atoms with van der Waals surface area (Å²) in [7, 11) is 0. The predicted octanol–water partition coefficient (Wildman–Crippen LogP) is 2.95. The molecule has 1 aromatic carbocycles. The van der Waals surface area contributed by atoms with E-state index >= 15 is 0 Å². The van der Waals surface area contributed by atoms with Gasteiger partial charge in [0.15, 0.2) is 5.96 Å². The summed E-state index contributed by atoms with van der Waals surface area (Å²) in [6.45, 7) is 8.37. The molecule has 19 heavy (non-hydrogen) atoms. The number of hydrogen-bond donors (Lipinski definition) is 1. The molecule has 108 valence electrons. The molecule has 0 spiro atoms. The normalized spacial score (nSPS) is 11.1. The van der Waals surface area contributed by atoms with Crippen molar-refractivity contribution in [3.8, 4) is 0 Å². The van der Waals surface area contributed by atoms with Crippen LogP contribution >= 0.6 is 24.0 Å². The summed E-state index contributed by atoms with van der Waals surface area (Å²) in [5.41, 5.74) is 7.96. The largest absolute Gasteiger partial charge is 0.370 e. The highest BCUT2D eigenvalue weighted by Gasteiger charge is 2.03. The van der Waals surface area contributed by atoms with Gasteiger partial charge in [-0.05, 0) is 50.5 Å². The lowest BCUT2D eigenvalue weighted by Crippen LogP contribution is -2.37. The molecule has 5 heteroatoms. The van der Waals surface area contributed by atoms with Crippen LogP contribution in [0.2, 0.25) is 0 Å². The molecule has 0 fully saturated rings. The number of guanidine groups is 1. The van der Waals surface area contributed by atoms with Crippen molar-refractivity contribution in [2.45, 2.75) is 27.2 Å². The van der Waals surface area contributed by atoms with Crippen molar-refractivity contribution >= 4 is 29.9 Å². The SMILES string of the molecule is CCN(CC)C(N)=NCCc1ccc(F)cc1C.I. The minimum Gasteiger partial charge on any atom is -0.370 e. The summed E-state index contributed by atoms with van der Waals surface area (Å²) in [5, 5.41) is 0. The number of aliphatic imine (C=N–C) groups is 1. The van der Waals surface area contributed by atoms with Crippen molar-refractivity contribution in [1.82, 2.24) is 4.90 Å². The molecule has 0 aromatic heterocycles. The van der Waals surface area contributed by atoms with E-state index in [1.54, 1.807) is 6.07 Å². The van der Waals surface area contributed by atoms with E-state index < -0.39 is 0 Å². The van der Waals surface area contributed by atoms with Crippen LogP contribution in [0.15, 0.2) is 23.2 Å². The second-order valence-electron chi connectivity index (χ2n) is 4.23. The Morgan fingerprint density at radius 2 is 1.95 bits per heavy atom. The van der Waals surface area contributed by atoms with Gasteiger partial charge in [0.05, 0.1) is 0 Å². The van der Waals surface area contributed by atoms with Crippen molar-refractivity contribution in [2.75, 3.05) is 19.6 Å². The lowest BCUT2D eigenvalue weighted by atomic mass is 10.1. The minimum absolute atomic E-state index is 0. The highest BCUT2D eigenvalue weighted by Crippen LogP contribution is 2.10. The van der Waals surface area contributed by atoms with E-state index in [1.165, 1.54) is 6.07 Å². The fourth-order valence-corrected chi connectivity index (χ4v) is 1.88. The average Bonchev–Trinajstić information content (AvgIpc) is 2.33. The summed E-state index contributed by atoms with van der Waals surface area (Å²) in [6.07, 6.45) is 0.786. The van der Waals surface area contributed by atoms with E-state index in [-0.39, 0.29) is 29.8 Å². The van der Waals surface area contributed by atoms with Crippen LogP contribution in [0.4, 0.5) is 4.39 Å². The van der Waals surface area contributed by atoms with Crippen molar-refractivity contribution in [3.63, 3.8) is 0 Å². The van der Waals surface area contributed by atoms with Crippen LogP contribution < -0.4 is 5.73 Å². The number of halogens is 2. The van der Waals surface area contributed by atoms with E-state index in [1.807, 2.05) is 17.9 Å². The van der Waals surface area contributed by atoms with Gasteiger partial charge < -0.3 is 10.6 Å². The Morgan fingerprint density at radius 3 is 2.47 bits per heavy atom. The zero-order valence-corrected chi connectivity index (χ0v) is 14.1. The molecule has 0 aliphatic carbocycles. The minimum atomic E-state index is -0.192. The van der Waals surface area contributed by atoms with Gasteiger partial charge in [0, 0.05) is 19.6 Å². The molecule has 0 aliphatic rings. The molecule has 0 saturated carbocycles. The number of benzene rings is 1. The molecule has 1 rings (SSSR count). The van der Waals surface area contributed by atoms with Gasteiger partial charge >= 0.3 is 0 Å². The zero-order valence-electron chi connectivity index (χ0n) is 11.8. The van der Waals surface area contributed by atoms with E-state index in [2.05, 4.69) is 18.8 Å². The average molecular weight is 379 g/mol. The molecule has 0 atom stereocenters. The number of aryl methyl sites for hydroxylation is 1. The van der Waals surface area contributed by atoms with Crippen LogP contribution in [0.1, 0.15) is 25.0 Å². The van der Waals surface area contributed by atoms with E-state index in [9.17, 15) is 4.39 Å². The standard InChI is InChI=1S/C14H22FN3.HI/c1-4-18(5-2)14(16)17-9-8-12-6-7-13(15)10-11(12)3;/h6-7,10H,4-5,8-9H2,1-3H3,(H2,16,17);1H. The highest BCUT2D eigenvalue weighted by molar-refractivity contribution is 14.0. The molecular weight excluding hydrogens is 356 g/mol. The lowest BCUT2D eigenvalue weighted by molar-refractivity contribution is 0.458. The van der Waals surface area contributed by atoms with Crippen molar-refractivity contribution in [1.29, 1.82) is 0 Å². The maximum absolute atomic E-state index is 12.9. The predicted molar refractivity (Wildman–Crippen MR) is 89.7 cm³/mol. The molecule has 2 N–H and O–H groups in total. The summed E-state index contributed by atoms with van der Waals surface area (Å²) in [5.74, 6) is 0.391. The van der Waals surface area contributed by atoms with Gasteiger partial charge in [-0.15, -0.1) is 24.0 Å². The molecule has 0 radical (unpaired) electrons. The Hall–Kier alpha value is -0.850. The molecule has 1 aromatic rings. The third-order valence-electron chi connectivity index (χ3n) is 3.05. The van der Waals surface area contributed by atoms with Crippen LogP contribution in [0, 0.1) is 12.7 Å². The Balaban J connectivity index is 0.00000324. The molecular formula is C14H23FIN3. The molecule has 3 nitrogen and oxygen atoms in total. The van der Waals surface area contributed by atoms with Crippen LogP contribution in [-0.2, 0) is 6.42 Å². The first-order chi connectivity index (χ1) is 8.58. The third kappa shape index (κ3) is 5.76. The van der Waals surface area contributed by atoms with Gasteiger partial charge in [-0.2, -0.15) is 0 Å². The fraction of sp³-hybridized carbons (Fsp3) is 0.500. The second kappa shape index (κ2) is 9.12. The highest BCUT2D eigenvalue weighted by atomic mass is 127. The maximum atomic E-state index is 12.9. The van der Waals surface area contributed by atoms with Crippen LogP contribution in [-0.4, -0.2) is 30.5 Å². The number of rotatable bonds is 5. The fourth-order valence-electron chi connectivity index (χ4n) is 1.88. The van der Waals surface area contributed by atoms with Gasteiger partial charge in [0.25, 0.3) is 0 Å². The Kier molecular flexibility index (Phi) is 8.71. The number of nitrogens with two attached hydrogens (primary N) is 1.